The maximum Gasteiger partial charge on any atom is 0.314 e. The van der Waals surface area contributed by atoms with Gasteiger partial charge in [-0.2, -0.15) is 0 Å². The van der Waals surface area contributed by atoms with Crippen molar-refractivity contribution in [1.82, 2.24) is 4.98 Å². The third kappa shape index (κ3) is 5.14. The highest BCUT2D eigenvalue weighted by molar-refractivity contribution is 5.81. The van der Waals surface area contributed by atoms with E-state index in [1.54, 1.807) is 6.92 Å². The van der Waals surface area contributed by atoms with Crippen molar-refractivity contribution in [2.75, 3.05) is 6.61 Å². The number of nitrogens with zero attached hydrogens (tertiary/aromatic N) is 1. The van der Waals surface area contributed by atoms with Crippen LogP contribution >= 0.6 is 0 Å². The van der Waals surface area contributed by atoms with Crippen molar-refractivity contribution in [2.45, 2.75) is 32.1 Å². The molecule has 0 bridgehead atoms. The molecule has 5 nitrogen and oxygen atoms in total. The number of benzene rings is 3. The summed E-state index contributed by atoms with van der Waals surface area (Å²) in [6.07, 6.45) is 1.03. The minimum absolute atomic E-state index is 0.396. The Labute approximate surface area is 193 Å². The first-order valence-corrected chi connectivity index (χ1v) is 11.0. The highest BCUT2D eigenvalue weighted by Gasteiger charge is 2.35. The number of carboxylic acid groups (broad SMARTS) is 1. The number of oxazole rings is 1. The molecule has 1 aromatic heterocycles. The van der Waals surface area contributed by atoms with Crippen LogP contribution in [0.25, 0.3) is 11.5 Å². The molecule has 33 heavy (non-hydrogen) atoms. The second-order valence-electron chi connectivity index (χ2n) is 8.31. The summed E-state index contributed by atoms with van der Waals surface area (Å²) in [5.74, 6) is 1.31. The Morgan fingerprint density at radius 1 is 0.970 bits per heavy atom. The number of aromatic nitrogens is 1. The molecule has 0 radical (unpaired) electrons. The van der Waals surface area contributed by atoms with Crippen LogP contribution in [0.1, 0.15) is 29.5 Å². The van der Waals surface area contributed by atoms with E-state index in [1.807, 2.05) is 91.9 Å². The predicted octanol–water partition coefficient (Wildman–Crippen LogP) is 5.86. The molecule has 0 spiro atoms. The lowest BCUT2D eigenvalue weighted by Crippen LogP contribution is -2.34. The third-order valence-electron chi connectivity index (χ3n) is 5.88. The second kappa shape index (κ2) is 9.74. The number of carbonyl (C=O) groups is 1. The highest BCUT2D eigenvalue weighted by atomic mass is 16.5. The Hall–Kier alpha value is -3.86. The molecule has 1 atom stereocenters. The zero-order valence-corrected chi connectivity index (χ0v) is 18.8. The van der Waals surface area contributed by atoms with Crippen LogP contribution in [-0.2, 0) is 23.1 Å². The summed E-state index contributed by atoms with van der Waals surface area (Å²) in [6.45, 7) is 4.15. The van der Waals surface area contributed by atoms with E-state index < -0.39 is 11.4 Å². The van der Waals surface area contributed by atoms with Crippen molar-refractivity contribution in [3.63, 3.8) is 0 Å². The summed E-state index contributed by atoms with van der Waals surface area (Å²) in [4.78, 5) is 16.7. The number of aliphatic carboxylic acids is 1. The van der Waals surface area contributed by atoms with Gasteiger partial charge in [0.25, 0.3) is 0 Å². The van der Waals surface area contributed by atoms with Gasteiger partial charge in [0, 0.05) is 12.0 Å². The molecular weight excluding hydrogens is 414 g/mol. The standard InChI is InChI=1S/C28H27NO4/c1-20-25(29-26(33-20)22-9-5-3-6-10-22)17-18-32-24-15-13-21(14-16-24)19-28(2,27(30)31)23-11-7-4-8-12-23/h3-16H,17-19H2,1-2H3,(H,30,31). The molecular formula is C28H27NO4. The van der Waals surface area contributed by atoms with Crippen LogP contribution in [0.15, 0.2) is 89.3 Å². The minimum atomic E-state index is -0.995. The Morgan fingerprint density at radius 3 is 2.24 bits per heavy atom. The smallest absolute Gasteiger partial charge is 0.314 e. The molecule has 0 saturated carbocycles. The predicted molar refractivity (Wildman–Crippen MR) is 127 cm³/mol. The maximum absolute atomic E-state index is 12.1. The van der Waals surface area contributed by atoms with Crippen LogP contribution in [0.3, 0.4) is 0 Å². The fraction of sp³-hybridized carbons (Fsp3) is 0.214. The first-order chi connectivity index (χ1) is 16.0. The quantitative estimate of drug-likeness (QED) is 0.352. The van der Waals surface area contributed by atoms with Crippen LogP contribution in [0.2, 0.25) is 0 Å². The molecule has 1 unspecified atom stereocenters. The lowest BCUT2D eigenvalue weighted by molar-refractivity contribution is -0.143. The fourth-order valence-electron chi connectivity index (χ4n) is 3.85. The molecule has 4 aromatic rings. The summed E-state index contributed by atoms with van der Waals surface area (Å²) in [6, 6.07) is 26.8. The highest BCUT2D eigenvalue weighted by Crippen LogP contribution is 2.29. The van der Waals surface area contributed by atoms with Crippen molar-refractivity contribution >= 4 is 5.97 Å². The second-order valence-corrected chi connectivity index (χ2v) is 8.31. The van der Waals surface area contributed by atoms with Gasteiger partial charge >= 0.3 is 5.97 Å². The third-order valence-corrected chi connectivity index (χ3v) is 5.88. The molecule has 0 saturated heterocycles. The van der Waals surface area contributed by atoms with Crippen LogP contribution < -0.4 is 4.74 Å². The lowest BCUT2D eigenvalue weighted by atomic mass is 9.77. The molecule has 1 heterocycles. The van der Waals surface area contributed by atoms with E-state index in [1.165, 1.54) is 0 Å². The average Bonchev–Trinajstić information content (AvgIpc) is 3.21. The fourth-order valence-corrected chi connectivity index (χ4v) is 3.85. The zero-order valence-electron chi connectivity index (χ0n) is 18.8. The van der Waals surface area contributed by atoms with E-state index >= 15 is 0 Å². The number of aryl methyl sites for hydroxylation is 1. The topological polar surface area (TPSA) is 72.6 Å². The molecule has 4 rings (SSSR count). The van der Waals surface area contributed by atoms with E-state index in [9.17, 15) is 9.90 Å². The van der Waals surface area contributed by atoms with Gasteiger partial charge in [-0.15, -0.1) is 0 Å². The summed E-state index contributed by atoms with van der Waals surface area (Å²) in [7, 11) is 0. The van der Waals surface area contributed by atoms with Crippen LogP contribution in [0, 0.1) is 6.92 Å². The Balaban J connectivity index is 1.37. The van der Waals surface area contributed by atoms with Crippen molar-refractivity contribution in [1.29, 1.82) is 0 Å². The van der Waals surface area contributed by atoms with Crippen LogP contribution in [0.4, 0.5) is 0 Å². The first-order valence-electron chi connectivity index (χ1n) is 11.0. The average molecular weight is 442 g/mol. The normalized spacial score (nSPS) is 12.8. The van der Waals surface area contributed by atoms with Gasteiger partial charge in [0.2, 0.25) is 5.89 Å². The monoisotopic (exact) mass is 441 g/mol. The Morgan fingerprint density at radius 2 is 1.61 bits per heavy atom. The molecule has 1 N–H and O–H groups in total. The molecule has 0 aliphatic rings. The van der Waals surface area contributed by atoms with Gasteiger partial charge in [0.05, 0.1) is 17.7 Å². The number of ether oxygens (including phenoxy) is 1. The van der Waals surface area contributed by atoms with Gasteiger partial charge in [0.15, 0.2) is 0 Å². The molecule has 0 aliphatic heterocycles. The summed E-state index contributed by atoms with van der Waals surface area (Å²) in [5.41, 5.74) is 2.56. The summed E-state index contributed by atoms with van der Waals surface area (Å²) < 4.78 is 11.7. The molecule has 0 fully saturated rings. The lowest BCUT2D eigenvalue weighted by Gasteiger charge is -2.25. The number of carboxylic acids is 1. The molecule has 168 valence electrons. The van der Waals surface area contributed by atoms with Crippen molar-refractivity contribution in [3.8, 4) is 17.2 Å². The Kier molecular flexibility index (Phi) is 6.59. The number of rotatable bonds is 9. The van der Waals surface area contributed by atoms with Gasteiger partial charge in [0.1, 0.15) is 11.5 Å². The largest absolute Gasteiger partial charge is 0.493 e. The molecule has 3 aromatic carbocycles. The van der Waals surface area contributed by atoms with Gasteiger partial charge in [-0.3, -0.25) is 4.79 Å². The molecule has 0 aliphatic carbocycles. The van der Waals surface area contributed by atoms with Crippen molar-refractivity contribution < 1.29 is 19.1 Å². The zero-order chi connectivity index (χ0) is 23.3. The van der Waals surface area contributed by atoms with Gasteiger partial charge in [-0.1, -0.05) is 60.7 Å². The van der Waals surface area contributed by atoms with Crippen molar-refractivity contribution in [2.24, 2.45) is 0 Å². The molecule has 0 amide bonds. The van der Waals surface area contributed by atoms with Crippen molar-refractivity contribution in [3.05, 3.63) is 108 Å². The van der Waals surface area contributed by atoms with Gasteiger partial charge in [-0.25, -0.2) is 4.98 Å². The van der Waals surface area contributed by atoms with E-state index in [0.29, 0.717) is 25.3 Å². The maximum atomic E-state index is 12.1. The van der Waals surface area contributed by atoms with E-state index in [0.717, 1.165) is 33.9 Å². The minimum Gasteiger partial charge on any atom is -0.493 e. The number of hydrogen-bond acceptors (Lipinski definition) is 4. The molecule has 5 heteroatoms. The summed E-state index contributed by atoms with van der Waals surface area (Å²) in [5, 5.41) is 9.88. The van der Waals surface area contributed by atoms with E-state index in [4.69, 9.17) is 9.15 Å². The van der Waals surface area contributed by atoms with Gasteiger partial charge in [-0.05, 0) is 55.7 Å². The Bertz CT molecular complexity index is 1200. The van der Waals surface area contributed by atoms with E-state index in [2.05, 4.69) is 4.98 Å². The number of hydrogen-bond donors (Lipinski definition) is 1. The van der Waals surface area contributed by atoms with Crippen LogP contribution in [-0.4, -0.2) is 22.7 Å². The van der Waals surface area contributed by atoms with E-state index in [-0.39, 0.29) is 0 Å². The summed E-state index contributed by atoms with van der Waals surface area (Å²) >= 11 is 0. The van der Waals surface area contributed by atoms with Crippen LogP contribution in [0.5, 0.6) is 5.75 Å². The SMILES string of the molecule is Cc1oc(-c2ccccc2)nc1CCOc1ccc(CC(C)(C(=O)O)c2ccccc2)cc1. The first kappa shape index (κ1) is 22.3. The van der Waals surface area contributed by atoms with Gasteiger partial charge < -0.3 is 14.3 Å².